The monoisotopic (exact) mass is 288 g/mol. The lowest BCUT2D eigenvalue weighted by molar-refractivity contribution is 0.909. The second-order valence-corrected chi connectivity index (χ2v) is 6.14. The molecule has 3 rings (SSSR count). The number of halogens is 1. The quantitative estimate of drug-likeness (QED) is 0.723. The lowest BCUT2D eigenvalue weighted by Crippen LogP contribution is -2.05. The highest BCUT2D eigenvalue weighted by Crippen LogP contribution is 2.30. The molecule has 0 fully saturated rings. The first-order valence-electron chi connectivity index (χ1n) is 6.09. The number of nitrogens with zero attached hydrogens (tertiary/aromatic N) is 1. The van der Waals surface area contributed by atoms with Gasteiger partial charge in [0.2, 0.25) is 0 Å². The number of fused-ring (bicyclic) bond motifs is 1. The standard InChI is InChI=1S/C15H13ClN2S/c1-10(13-7-8-14(16)19-13)18-12-6-2-4-11-5-3-9-17-15(11)12/h2-10,18H,1H3. The van der Waals surface area contributed by atoms with Gasteiger partial charge in [0.05, 0.1) is 21.6 Å². The van der Waals surface area contributed by atoms with Crippen LogP contribution in [0.1, 0.15) is 17.8 Å². The zero-order chi connectivity index (χ0) is 13.2. The van der Waals surface area contributed by atoms with Crippen LogP contribution in [-0.2, 0) is 0 Å². The maximum atomic E-state index is 5.98. The molecule has 4 heteroatoms. The summed E-state index contributed by atoms with van der Waals surface area (Å²) >= 11 is 7.58. The number of aromatic nitrogens is 1. The number of anilines is 1. The highest BCUT2D eigenvalue weighted by atomic mass is 35.5. The van der Waals surface area contributed by atoms with Crippen molar-refractivity contribution in [1.82, 2.24) is 4.98 Å². The average Bonchev–Trinajstić information content (AvgIpc) is 2.86. The Morgan fingerprint density at radius 3 is 2.79 bits per heavy atom. The van der Waals surface area contributed by atoms with Crippen molar-refractivity contribution in [2.75, 3.05) is 5.32 Å². The molecule has 0 amide bonds. The van der Waals surface area contributed by atoms with E-state index < -0.39 is 0 Å². The maximum Gasteiger partial charge on any atom is 0.0933 e. The van der Waals surface area contributed by atoms with E-state index in [1.807, 2.05) is 24.4 Å². The van der Waals surface area contributed by atoms with Crippen molar-refractivity contribution in [2.24, 2.45) is 0 Å². The summed E-state index contributed by atoms with van der Waals surface area (Å²) in [6.45, 7) is 2.13. The number of nitrogens with one attached hydrogen (secondary N) is 1. The summed E-state index contributed by atoms with van der Waals surface area (Å²) in [6, 6.07) is 14.4. The summed E-state index contributed by atoms with van der Waals surface area (Å²) < 4.78 is 0.819. The molecule has 2 heterocycles. The number of hydrogen-bond acceptors (Lipinski definition) is 3. The summed E-state index contributed by atoms with van der Waals surface area (Å²) in [4.78, 5) is 5.67. The second kappa shape index (κ2) is 5.19. The summed E-state index contributed by atoms with van der Waals surface area (Å²) in [7, 11) is 0. The van der Waals surface area contributed by atoms with Crippen LogP contribution in [0.2, 0.25) is 4.34 Å². The molecule has 0 spiro atoms. The van der Waals surface area contributed by atoms with Gasteiger partial charge in [-0.2, -0.15) is 0 Å². The molecule has 0 saturated carbocycles. The van der Waals surface area contributed by atoms with Gasteiger partial charge in [-0.05, 0) is 31.2 Å². The third-order valence-electron chi connectivity index (χ3n) is 3.03. The third-order valence-corrected chi connectivity index (χ3v) is 4.44. The predicted octanol–water partition coefficient (Wildman–Crippen LogP) is 5.12. The molecule has 0 radical (unpaired) electrons. The van der Waals surface area contributed by atoms with Crippen LogP contribution in [0.3, 0.4) is 0 Å². The van der Waals surface area contributed by atoms with E-state index in [9.17, 15) is 0 Å². The minimum absolute atomic E-state index is 0.213. The summed E-state index contributed by atoms with van der Waals surface area (Å²) in [6.07, 6.45) is 1.82. The Balaban J connectivity index is 1.93. The first kappa shape index (κ1) is 12.5. The highest BCUT2D eigenvalue weighted by molar-refractivity contribution is 7.16. The topological polar surface area (TPSA) is 24.9 Å². The number of para-hydroxylation sites is 1. The van der Waals surface area contributed by atoms with Gasteiger partial charge in [-0.3, -0.25) is 4.98 Å². The molecule has 2 aromatic heterocycles. The number of benzene rings is 1. The van der Waals surface area contributed by atoms with E-state index in [1.165, 1.54) is 4.88 Å². The van der Waals surface area contributed by atoms with Crippen molar-refractivity contribution in [1.29, 1.82) is 0 Å². The van der Waals surface area contributed by atoms with Crippen molar-refractivity contribution < 1.29 is 0 Å². The van der Waals surface area contributed by atoms with Crippen molar-refractivity contribution >= 4 is 39.5 Å². The van der Waals surface area contributed by atoms with E-state index in [1.54, 1.807) is 11.3 Å². The number of thiophene rings is 1. The molecular weight excluding hydrogens is 276 g/mol. The van der Waals surface area contributed by atoms with E-state index in [2.05, 4.69) is 41.5 Å². The molecule has 2 nitrogen and oxygen atoms in total. The van der Waals surface area contributed by atoms with E-state index in [4.69, 9.17) is 11.6 Å². The first-order chi connectivity index (χ1) is 9.24. The lowest BCUT2D eigenvalue weighted by Gasteiger charge is -2.15. The maximum absolute atomic E-state index is 5.98. The molecule has 3 aromatic rings. The van der Waals surface area contributed by atoms with E-state index in [0.29, 0.717) is 0 Å². The molecule has 0 aliphatic heterocycles. The van der Waals surface area contributed by atoms with Crippen LogP contribution in [0.15, 0.2) is 48.7 Å². The summed E-state index contributed by atoms with van der Waals surface area (Å²) in [5, 5.41) is 4.65. The second-order valence-electron chi connectivity index (χ2n) is 4.39. The number of rotatable bonds is 3. The molecule has 19 heavy (non-hydrogen) atoms. The third kappa shape index (κ3) is 2.57. The van der Waals surface area contributed by atoms with Crippen LogP contribution < -0.4 is 5.32 Å². The fourth-order valence-corrected chi connectivity index (χ4v) is 3.15. The van der Waals surface area contributed by atoms with Crippen LogP contribution in [0.25, 0.3) is 10.9 Å². The molecule has 1 atom stereocenters. The van der Waals surface area contributed by atoms with Gasteiger partial charge in [0.15, 0.2) is 0 Å². The Morgan fingerprint density at radius 2 is 2.00 bits per heavy atom. The predicted molar refractivity (Wildman–Crippen MR) is 83.1 cm³/mol. The van der Waals surface area contributed by atoms with Gasteiger partial charge < -0.3 is 5.32 Å². The molecule has 96 valence electrons. The van der Waals surface area contributed by atoms with Crippen LogP contribution in [-0.4, -0.2) is 4.98 Å². The van der Waals surface area contributed by atoms with Gasteiger partial charge in [-0.25, -0.2) is 0 Å². The van der Waals surface area contributed by atoms with Gasteiger partial charge in [0.25, 0.3) is 0 Å². The molecule has 1 aromatic carbocycles. The van der Waals surface area contributed by atoms with Gasteiger partial charge in [0.1, 0.15) is 0 Å². The van der Waals surface area contributed by atoms with Crippen molar-refractivity contribution in [3.8, 4) is 0 Å². The zero-order valence-electron chi connectivity index (χ0n) is 10.4. The van der Waals surface area contributed by atoms with Crippen LogP contribution in [0.4, 0.5) is 5.69 Å². The van der Waals surface area contributed by atoms with Crippen LogP contribution >= 0.6 is 22.9 Å². The van der Waals surface area contributed by atoms with Gasteiger partial charge in [-0.1, -0.05) is 29.8 Å². The Labute approximate surface area is 121 Å². The Bertz CT molecular complexity index is 703. The van der Waals surface area contributed by atoms with Crippen LogP contribution in [0, 0.1) is 0 Å². The molecule has 1 N–H and O–H groups in total. The van der Waals surface area contributed by atoms with Gasteiger partial charge in [-0.15, -0.1) is 11.3 Å². The van der Waals surface area contributed by atoms with Crippen molar-refractivity contribution in [3.05, 3.63) is 57.9 Å². The molecule has 0 aliphatic rings. The minimum Gasteiger partial charge on any atom is -0.376 e. The molecule has 0 saturated heterocycles. The smallest absolute Gasteiger partial charge is 0.0933 e. The number of pyridine rings is 1. The Kier molecular flexibility index (Phi) is 3.40. The summed E-state index contributed by atoms with van der Waals surface area (Å²) in [5.41, 5.74) is 2.05. The Hall–Kier alpha value is -1.58. The van der Waals surface area contributed by atoms with Gasteiger partial charge >= 0.3 is 0 Å². The van der Waals surface area contributed by atoms with Gasteiger partial charge in [0, 0.05) is 16.5 Å². The molecule has 1 unspecified atom stereocenters. The number of hydrogen-bond donors (Lipinski definition) is 1. The molecule has 0 bridgehead atoms. The minimum atomic E-state index is 0.213. The normalized spacial score (nSPS) is 12.5. The average molecular weight is 289 g/mol. The molecular formula is C15H13ClN2S. The highest BCUT2D eigenvalue weighted by Gasteiger charge is 2.10. The first-order valence-corrected chi connectivity index (χ1v) is 7.29. The SMILES string of the molecule is CC(Nc1cccc2cccnc12)c1ccc(Cl)s1. The fourth-order valence-electron chi connectivity index (χ4n) is 2.09. The van der Waals surface area contributed by atoms with E-state index in [-0.39, 0.29) is 6.04 Å². The van der Waals surface area contributed by atoms with Crippen molar-refractivity contribution in [2.45, 2.75) is 13.0 Å². The molecule has 0 aliphatic carbocycles. The van der Waals surface area contributed by atoms with E-state index in [0.717, 1.165) is 20.9 Å². The van der Waals surface area contributed by atoms with Crippen LogP contribution in [0.5, 0.6) is 0 Å². The Morgan fingerprint density at radius 1 is 1.16 bits per heavy atom. The largest absolute Gasteiger partial charge is 0.376 e. The fraction of sp³-hybridized carbons (Fsp3) is 0.133. The zero-order valence-corrected chi connectivity index (χ0v) is 12.0. The summed E-state index contributed by atoms with van der Waals surface area (Å²) in [5.74, 6) is 0. The lowest BCUT2D eigenvalue weighted by atomic mass is 10.1. The van der Waals surface area contributed by atoms with Crippen molar-refractivity contribution in [3.63, 3.8) is 0 Å². The van der Waals surface area contributed by atoms with E-state index >= 15 is 0 Å².